The van der Waals surface area contributed by atoms with Gasteiger partial charge in [0.05, 0.1) is 6.61 Å². The van der Waals surface area contributed by atoms with Crippen molar-refractivity contribution in [3.05, 3.63) is 106 Å². The van der Waals surface area contributed by atoms with E-state index in [2.05, 4.69) is 34.4 Å². The fourth-order valence-electron chi connectivity index (χ4n) is 5.04. The van der Waals surface area contributed by atoms with E-state index in [1.807, 2.05) is 18.2 Å². The molecule has 0 saturated heterocycles. The Labute approximate surface area is 244 Å². The third kappa shape index (κ3) is 6.27. The van der Waals surface area contributed by atoms with E-state index >= 15 is 0 Å². The molecule has 4 aromatic rings. The maximum atomic E-state index is 14.3. The van der Waals surface area contributed by atoms with Crippen molar-refractivity contribution in [3.63, 3.8) is 0 Å². The van der Waals surface area contributed by atoms with Crippen molar-refractivity contribution in [2.45, 2.75) is 45.5 Å². The van der Waals surface area contributed by atoms with Crippen LogP contribution in [0.5, 0.6) is 0 Å². The summed E-state index contributed by atoms with van der Waals surface area (Å²) >= 11 is 0. The molecule has 42 heavy (non-hydrogen) atoms. The van der Waals surface area contributed by atoms with Gasteiger partial charge in [-0.3, -0.25) is 14.5 Å². The minimum atomic E-state index is -1.26. The van der Waals surface area contributed by atoms with Gasteiger partial charge >= 0.3 is 0 Å². The first kappa shape index (κ1) is 29.2. The number of amides is 1. The first-order chi connectivity index (χ1) is 20.2. The molecular formula is C33H36FN5O3. The Balaban J connectivity index is 1.38. The maximum Gasteiger partial charge on any atom is 0.274 e. The molecule has 1 aliphatic carbocycles. The predicted octanol–water partition coefficient (Wildman–Crippen LogP) is 5.74. The van der Waals surface area contributed by atoms with E-state index < -0.39 is 5.67 Å². The van der Waals surface area contributed by atoms with Crippen LogP contribution >= 0.6 is 0 Å². The summed E-state index contributed by atoms with van der Waals surface area (Å²) in [4.78, 5) is 32.8. The first-order valence-electron chi connectivity index (χ1n) is 14.2. The highest BCUT2D eigenvalue weighted by molar-refractivity contribution is 6.05. The topological polar surface area (TPSA) is 99.5 Å². The molecule has 0 radical (unpaired) electrons. The lowest BCUT2D eigenvalue weighted by Gasteiger charge is -2.18. The molecule has 0 spiro atoms. The van der Waals surface area contributed by atoms with E-state index in [1.54, 1.807) is 61.9 Å². The number of pyridine rings is 2. The molecule has 1 saturated carbocycles. The normalized spacial score (nSPS) is 13.7. The van der Waals surface area contributed by atoms with Crippen LogP contribution < -0.4 is 16.2 Å². The standard InChI is InChI=1S/C33H36FN5O3/c1-4-39(5-2)19-22-9-14-30(35-18-22)36-29-17-24(20-38(3)32(29)42)26-7-6-8-28(27(26)21-40)37-31(41)23-10-12-25(13-11-23)33(34)15-16-33/h6-14,17-18,20,40H,4-5,15-16,19,21H2,1-3H3,(H,35,36)(H,37,41). The molecule has 3 N–H and O–H groups in total. The number of aromatic nitrogens is 2. The number of hydrogen-bond acceptors (Lipinski definition) is 6. The van der Waals surface area contributed by atoms with Gasteiger partial charge in [-0.15, -0.1) is 0 Å². The fraction of sp³-hybridized carbons (Fsp3) is 0.303. The third-order valence-corrected chi connectivity index (χ3v) is 7.82. The lowest BCUT2D eigenvalue weighted by atomic mass is 9.99. The number of aliphatic hydroxyl groups is 1. The van der Waals surface area contributed by atoms with Crippen LogP contribution in [0.3, 0.4) is 0 Å². The smallest absolute Gasteiger partial charge is 0.274 e. The fourth-order valence-corrected chi connectivity index (χ4v) is 5.04. The highest BCUT2D eigenvalue weighted by Crippen LogP contribution is 2.49. The second-order valence-corrected chi connectivity index (χ2v) is 10.7. The summed E-state index contributed by atoms with van der Waals surface area (Å²) in [6.07, 6.45) is 4.51. The zero-order chi connectivity index (χ0) is 29.9. The summed E-state index contributed by atoms with van der Waals surface area (Å²) < 4.78 is 15.8. The van der Waals surface area contributed by atoms with Crippen LogP contribution in [0.4, 0.5) is 21.6 Å². The third-order valence-electron chi connectivity index (χ3n) is 7.82. The van der Waals surface area contributed by atoms with Crippen LogP contribution in [0.1, 0.15) is 53.7 Å². The Hall–Kier alpha value is -4.34. The van der Waals surface area contributed by atoms with E-state index in [0.29, 0.717) is 57.9 Å². The number of carbonyl (C=O) groups excluding carboxylic acids is 1. The minimum absolute atomic E-state index is 0.229. The molecule has 2 aromatic heterocycles. The highest BCUT2D eigenvalue weighted by atomic mass is 19.1. The van der Waals surface area contributed by atoms with Crippen LogP contribution in [0.15, 0.2) is 77.9 Å². The lowest BCUT2D eigenvalue weighted by molar-refractivity contribution is 0.102. The van der Waals surface area contributed by atoms with Gasteiger partial charge in [-0.05, 0) is 73.0 Å². The van der Waals surface area contributed by atoms with Crippen LogP contribution in [0.25, 0.3) is 11.1 Å². The second kappa shape index (κ2) is 12.3. The number of hydrogen-bond donors (Lipinski definition) is 3. The molecule has 8 nitrogen and oxygen atoms in total. The summed E-state index contributed by atoms with van der Waals surface area (Å²) in [5.41, 5.74) is 3.20. The Bertz CT molecular complexity index is 1630. The van der Waals surface area contributed by atoms with Gasteiger partial charge in [-0.1, -0.05) is 44.2 Å². The second-order valence-electron chi connectivity index (χ2n) is 10.7. The van der Waals surface area contributed by atoms with Crippen LogP contribution in [-0.2, 0) is 25.9 Å². The molecule has 2 heterocycles. The first-order valence-corrected chi connectivity index (χ1v) is 14.2. The lowest BCUT2D eigenvalue weighted by Crippen LogP contribution is -2.22. The molecule has 9 heteroatoms. The Morgan fingerprint density at radius 1 is 1.07 bits per heavy atom. The molecule has 1 amide bonds. The summed E-state index contributed by atoms with van der Waals surface area (Å²) in [6, 6.07) is 17.4. The number of anilines is 3. The van der Waals surface area contributed by atoms with Gasteiger partial charge in [0.2, 0.25) is 0 Å². The molecule has 0 unspecified atom stereocenters. The molecule has 0 bridgehead atoms. The summed E-state index contributed by atoms with van der Waals surface area (Å²) in [6.45, 7) is 6.62. The molecule has 5 rings (SSSR count). The number of nitrogens with one attached hydrogen (secondary N) is 2. The van der Waals surface area contributed by atoms with Crippen molar-refractivity contribution in [1.82, 2.24) is 14.5 Å². The van der Waals surface area contributed by atoms with E-state index in [4.69, 9.17) is 0 Å². The zero-order valence-corrected chi connectivity index (χ0v) is 24.2. The van der Waals surface area contributed by atoms with Gasteiger partial charge < -0.3 is 20.3 Å². The van der Waals surface area contributed by atoms with E-state index in [-0.39, 0.29) is 18.1 Å². The predicted molar refractivity (Wildman–Crippen MR) is 164 cm³/mol. The Morgan fingerprint density at radius 3 is 2.43 bits per heavy atom. The summed E-state index contributed by atoms with van der Waals surface area (Å²) in [5.74, 6) is 0.178. The molecule has 2 aromatic carbocycles. The average molecular weight is 570 g/mol. The summed E-state index contributed by atoms with van der Waals surface area (Å²) in [5, 5.41) is 16.4. The van der Waals surface area contributed by atoms with Gasteiger partial charge in [-0.25, -0.2) is 9.37 Å². The zero-order valence-electron chi connectivity index (χ0n) is 24.2. The number of rotatable bonds is 11. The molecule has 1 aliphatic rings. The van der Waals surface area contributed by atoms with E-state index in [1.165, 1.54) is 4.57 Å². The monoisotopic (exact) mass is 569 g/mol. The molecule has 0 atom stereocenters. The molecule has 1 fully saturated rings. The van der Waals surface area contributed by atoms with E-state index in [9.17, 15) is 19.1 Å². The van der Waals surface area contributed by atoms with Crippen molar-refractivity contribution in [1.29, 1.82) is 0 Å². The van der Waals surface area contributed by atoms with Gasteiger partial charge in [0.25, 0.3) is 11.5 Å². The van der Waals surface area contributed by atoms with Crippen LogP contribution in [0.2, 0.25) is 0 Å². The number of aryl methyl sites for hydroxylation is 1. The maximum absolute atomic E-state index is 14.3. The quantitative estimate of drug-likeness (QED) is 0.213. The molecular weight excluding hydrogens is 533 g/mol. The SMILES string of the molecule is CCN(CC)Cc1ccc(Nc2cc(-c3cccc(NC(=O)c4ccc(C5(F)CC5)cc4)c3CO)cn(C)c2=O)nc1. The van der Waals surface area contributed by atoms with Gasteiger partial charge in [0.15, 0.2) is 0 Å². The largest absolute Gasteiger partial charge is 0.392 e. The number of carbonyl (C=O) groups is 1. The highest BCUT2D eigenvalue weighted by Gasteiger charge is 2.44. The van der Waals surface area contributed by atoms with Crippen LogP contribution in [0, 0.1) is 0 Å². The van der Waals surface area contributed by atoms with Crippen molar-refractivity contribution in [2.24, 2.45) is 7.05 Å². The van der Waals surface area contributed by atoms with Crippen molar-refractivity contribution in [3.8, 4) is 11.1 Å². The Kier molecular flexibility index (Phi) is 8.51. The van der Waals surface area contributed by atoms with Crippen molar-refractivity contribution < 1.29 is 14.3 Å². The van der Waals surface area contributed by atoms with Gasteiger partial charge in [-0.2, -0.15) is 0 Å². The van der Waals surface area contributed by atoms with Crippen LogP contribution in [-0.4, -0.2) is 38.6 Å². The minimum Gasteiger partial charge on any atom is -0.392 e. The number of nitrogens with zero attached hydrogens (tertiary/aromatic N) is 3. The Morgan fingerprint density at radius 2 is 1.81 bits per heavy atom. The number of benzene rings is 2. The van der Waals surface area contributed by atoms with Crippen molar-refractivity contribution in [2.75, 3.05) is 23.7 Å². The number of halogens is 1. The molecule has 0 aliphatic heterocycles. The van der Waals surface area contributed by atoms with E-state index in [0.717, 1.165) is 25.2 Å². The molecule has 218 valence electrons. The van der Waals surface area contributed by atoms with Gasteiger partial charge in [0.1, 0.15) is 17.2 Å². The summed E-state index contributed by atoms with van der Waals surface area (Å²) in [7, 11) is 1.66. The average Bonchev–Trinajstić information content (AvgIpc) is 3.77. The number of alkyl halides is 1. The number of aliphatic hydroxyl groups excluding tert-OH is 1. The van der Waals surface area contributed by atoms with Gasteiger partial charge in [0, 0.05) is 48.4 Å². The van der Waals surface area contributed by atoms with Crippen molar-refractivity contribution >= 4 is 23.1 Å².